The third-order valence-electron chi connectivity index (χ3n) is 5.58. The predicted molar refractivity (Wildman–Crippen MR) is 118 cm³/mol. The summed E-state index contributed by atoms with van der Waals surface area (Å²) in [4.78, 5) is 27.1. The number of amidine groups is 1. The summed E-state index contributed by atoms with van der Waals surface area (Å²) < 4.78 is 4.85. The van der Waals surface area contributed by atoms with Crippen molar-refractivity contribution in [2.24, 2.45) is 5.92 Å². The van der Waals surface area contributed by atoms with E-state index in [2.05, 4.69) is 11.4 Å². The molecule has 0 atom stereocenters. The van der Waals surface area contributed by atoms with Crippen LogP contribution < -0.4 is 5.32 Å². The van der Waals surface area contributed by atoms with Crippen molar-refractivity contribution in [3.8, 4) is 17.2 Å². The van der Waals surface area contributed by atoms with Crippen molar-refractivity contribution in [2.45, 2.75) is 19.8 Å². The molecule has 2 aromatic rings. The molecule has 0 radical (unpaired) electrons. The highest BCUT2D eigenvalue weighted by atomic mass is 16.5. The van der Waals surface area contributed by atoms with E-state index in [1.807, 2.05) is 11.0 Å². The second-order valence-electron chi connectivity index (χ2n) is 7.71. The summed E-state index contributed by atoms with van der Waals surface area (Å²) in [7, 11) is 1.30. The summed E-state index contributed by atoms with van der Waals surface area (Å²) in [6.07, 6.45) is 1.84. The lowest BCUT2D eigenvalue weighted by molar-refractivity contribution is 0.0600. The Balaban J connectivity index is 1.78. The molecule has 0 aromatic heterocycles. The first-order valence-electron chi connectivity index (χ1n) is 10.2. The van der Waals surface area contributed by atoms with Crippen molar-refractivity contribution in [3.63, 3.8) is 0 Å². The molecule has 7 heteroatoms. The number of likely N-dealkylation sites (tertiary alicyclic amines) is 1. The summed E-state index contributed by atoms with van der Waals surface area (Å²) >= 11 is 0. The second kappa shape index (κ2) is 9.90. The molecule has 0 saturated carbocycles. The SMILES string of the molecule is COC(=O)c1cc(C(=O)NCC2CCN(C(C)=N)CC2)cc(-c2cccc(C#N)c2)c1. The normalized spacial score (nSPS) is 13.9. The van der Waals surface area contributed by atoms with Gasteiger partial charge in [-0.25, -0.2) is 4.79 Å². The maximum atomic E-state index is 12.9. The summed E-state index contributed by atoms with van der Waals surface area (Å²) in [6.45, 7) is 3.99. The molecule has 0 spiro atoms. The van der Waals surface area contributed by atoms with Gasteiger partial charge in [0.05, 0.1) is 30.1 Å². The Hall–Kier alpha value is -3.66. The van der Waals surface area contributed by atoms with E-state index in [-0.39, 0.29) is 11.5 Å². The minimum Gasteiger partial charge on any atom is -0.465 e. The van der Waals surface area contributed by atoms with Gasteiger partial charge >= 0.3 is 5.97 Å². The largest absolute Gasteiger partial charge is 0.465 e. The molecule has 1 aliphatic heterocycles. The summed E-state index contributed by atoms with van der Waals surface area (Å²) in [5.41, 5.74) is 2.56. The highest BCUT2D eigenvalue weighted by Crippen LogP contribution is 2.24. The Bertz CT molecular complexity index is 1030. The number of hydrogen-bond donors (Lipinski definition) is 2. The van der Waals surface area contributed by atoms with Crippen LogP contribution in [0.25, 0.3) is 11.1 Å². The quantitative estimate of drug-likeness (QED) is 0.439. The van der Waals surface area contributed by atoms with E-state index < -0.39 is 5.97 Å². The third-order valence-corrected chi connectivity index (χ3v) is 5.58. The highest BCUT2D eigenvalue weighted by molar-refractivity contribution is 5.99. The molecule has 1 amide bonds. The molecule has 1 fully saturated rings. The van der Waals surface area contributed by atoms with Gasteiger partial charge in [0, 0.05) is 25.2 Å². The molecule has 1 aliphatic rings. The molecule has 3 rings (SSSR count). The van der Waals surface area contributed by atoms with Gasteiger partial charge in [0.15, 0.2) is 0 Å². The van der Waals surface area contributed by atoms with Gasteiger partial charge in [-0.2, -0.15) is 5.26 Å². The number of nitrogens with one attached hydrogen (secondary N) is 2. The molecule has 0 aliphatic carbocycles. The number of piperidine rings is 1. The van der Waals surface area contributed by atoms with Crippen molar-refractivity contribution in [3.05, 3.63) is 59.2 Å². The van der Waals surface area contributed by atoms with Crippen LogP contribution in [-0.2, 0) is 4.74 Å². The first-order chi connectivity index (χ1) is 14.9. The smallest absolute Gasteiger partial charge is 0.337 e. The standard InChI is InChI=1S/C24H26N4O3/c1-16(26)28-8-6-17(7-9-28)15-27-23(29)21-11-20(12-22(13-21)24(30)31-2)19-5-3-4-18(10-19)14-25/h3-5,10-13,17,26H,6-9,15H2,1-2H3,(H,27,29). The average Bonchev–Trinajstić information content (AvgIpc) is 2.81. The number of benzene rings is 2. The van der Waals surface area contributed by atoms with E-state index >= 15 is 0 Å². The molecule has 31 heavy (non-hydrogen) atoms. The average molecular weight is 418 g/mol. The van der Waals surface area contributed by atoms with Gasteiger partial charge in [-0.15, -0.1) is 0 Å². The number of nitrogens with zero attached hydrogens (tertiary/aromatic N) is 2. The number of carbonyl (C=O) groups is 2. The summed E-state index contributed by atoms with van der Waals surface area (Å²) in [6, 6.07) is 14.0. The molecule has 0 bridgehead atoms. The van der Waals surface area contributed by atoms with Crippen LogP contribution in [0.4, 0.5) is 0 Å². The first kappa shape index (κ1) is 22.0. The molecule has 1 saturated heterocycles. The van der Waals surface area contributed by atoms with Crippen LogP contribution in [0, 0.1) is 22.7 Å². The molecule has 2 N–H and O–H groups in total. The number of methoxy groups -OCH3 is 1. The van der Waals surface area contributed by atoms with Crippen molar-refractivity contribution in [1.29, 1.82) is 10.7 Å². The van der Waals surface area contributed by atoms with E-state index in [1.165, 1.54) is 13.2 Å². The Labute approximate surface area is 182 Å². The van der Waals surface area contributed by atoms with Crippen LogP contribution in [0.5, 0.6) is 0 Å². The molecule has 1 heterocycles. The Morgan fingerprint density at radius 1 is 1.16 bits per heavy atom. The van der Waals surface area contributed by atoms with E-state index in [1.54, 1.807) is 37.3 Å². The number of hydrogen-bond acceptors (Lipinski definition) is 5. The predicted octanol–water partition coefficient (Wildman–Crippen LogP) is 3.45. The van der Waals surface area contributed by atoms with Crippen molar-refractivity contribution in [1.82, 2.24) is 10.2 Å². The zero-order valence-corrected chi connectivity index (χ0v) is 17.8. The number of amides is 1. The molecule has 0 unspecified atom stereocenters. The maximum Gasteiger partial charge on any atom is 0.337 e. The van der Waals surface area contributed by atoms with E-state index in [0.717, 1.165) is 31.5 Å². The van der Waals surface area contributed by atoms with Crippen LogP contribution in [-0.4, -0.2) is 49.4 Å². The van der Waals surface area contributed by atoms with Crippen LogP contribution in [0.3, 0.4) is 0 Å². The number of rotatable bonds is 5. The van der Waals surface area contributed by atoms with Gasteiger partial charge in [-0.1, -0.05) is 12.1 Å². The highest BCUT2D eigenvalue weighted by Gasteiger charge is 2.21. The zero-order valence-electron chi connectivity index (χ0n) is 17.8. The van der Waals surface area contributed by atoms with Crippen molar-refractivity contribution in [2.75, 3.05) is 26.7 Å². The van der Waals surface area contributed by atoms with Gasteiger partial charge < -0.3 is 15.0 Å². The minimum atomic E-state index is -0.526. The number of nitriles is 1. The van der Waals surface area contributed by atoms with Gasteiger partial charge in [0.25, 0.3) is 5.91 Å². The zero-order chi connectivity index (χ0) is 22.4. The minimum absolute atomic E-state index is 0.255. The fourth-order valence-electron chi connectivity index (χ4n) is 3.74. The van der Waals surface area contributed by atoms with Crippen LogP contribution in [0.1, 0.15) is 46.0 Å². The van der Waals surface area contributed by atoms with Crippen molar-refractivity contribution >= 4 is 17.7 Å². The fraction of sp³-hybridized carbons (Fsp3) is 0.333. The molecule has 7 nitrogen and oxygen atoms in total. The van der Waals surface area contributed by atoms with Crippen LogP contribution in [0.15, 0.2) is 42.5 Å². The number of ether oxygens (including phenoxy) is 1. The van der Waals surface area contributed by atoms with Gasteiger partial charge in [0.2, 0.25) is 0 Å². The first-order valence-corrected chi connectivity index (χ1v) is 10.2. The monoisotopic (exact) mass is 418 g/mol. The number of esters is 1. The fourth-order valence-corrected chi connectivity index (χ4v) is 3.74. The lowest BCUT2D eigenvalue weighted by atomic mass is 9.96. The molecule has 160 valence electrons. The van der Waals surface area contributed by atoms with E-state index in [4.69, 9.17) is 10.1 Å². The van der Waals surface area contributed by atoms with Crippen LogP contribution >= 0.6 is 0 Å². The third kappa shape index (κ3) is 5.48. The second-order valence-corrected chi connectivity index (χ2v) is 7.71. The summed E-state index contributed by atoms with van der Waals surface area (Å²) in [5.74, 6) is 0.154. The Morgan fingerprint density at radius 3 is 2.52 bits per heavy atom. The van der Waals surface area contributed by atoms with Crippen LogP contribution in [0.2, 0.25) is 0 Å². The molecule has 2 aromatic carbocycles. The Morgan fingerprint density at radius 2 is 1.87 bits per heavy atom. The number of carbonyl (C=O) groups excluding carboxylic acids is 2. The molecular weight excluding hydrogens is 392 g/mol. The maximum absolute atomic E-state index is 12.9. The van der Waals surface area contributed by atoms with Gasteiger partial charge in [-0.05, 0) is 67.1 Å². The Kier molecular flexibility index (Phi) is 7.03. The summed E-state index contributed by atoms with van der Waals surface area (Å²) in [5, 5.41) is 19.9. The van der Waals surface area contributed by atoms with E-state index in [0.29, 0.717) is 35.0 Å². The lowest BCUT2D eigenvalue weighted by Gasteiger charge is -2.32. The van der Waals surface area contributed by atoms with Crippen molar-refractivity contribution < 1.29 is 14.3 Å². The molecular formula is C24H26N4O3. The van der Waals surface area contributed by atoms with E-state index in [9.17, 15) is 14.9 Å². The van der Waals surface area contributed by atoms with Gasteiger partial charge in [-0.3, -0.25) is 10.2 Å². The lowest BCUT2D eigenvalue weighted by Crippen LogP contribution is -2.40. The van der Waals surface area contributed by atoms with Gasteiger partial charge in [0.1, 0.15) is 0 Å². The topological polar surface area (TPSA) is 106 Å².